The summed E-state index contributed by atoms with van der Waals surface area (Å²) in [5.74, 6) is -1.01. The van der Waals surface area contributed by atoms with Gasteiger partial charge < -0.3 is 14.6 Å². The molecule has 1 spiro atoms. The van der Waals surface area contributed by atoms with E-state index >= 15 is 4.39 Å². The number of imidazole rings is 1. The Hall–Kier alpha value is -3.20. The van der Waals surface area contributed by atoms with Gasteiger partial charge in [-0.25, -0.2) is 14.2 Å². The number of halogens is 3. The minimum absolute atomic E-state index is 0.0372. The Morgan fingerprint density at radius 3 is 2.81 bits per heavy atom. The molecule has 1 N–H and O–H groups in total. The van der Waals surface area contributed by atoms with Crippen LogP contribution in [0.4, 0.5) is 10.1 Å². The van der Waals surface area contributed by atoms with Gasteiger partial charge in [0.25, 0.3) is 0 Å². The minimum Gasteiger partial charge on any atom is -0.465 e. The molecule has 0 radical (unpaired) electrons. The van der Waals surface area contributed by atoms with Crippen molar-refractivity contribution in [2.45, 2.75) is 49.7 Å². The van der Waals surface area contributed by atoms with Crippen LogP contribution in [0.15, 0.2) is 59.4 Å². The smallest absolute Gasteiger partial charge is 0.337 e. The van der Waals surface area contributed by atoms with E-state index in [-0.39, 0.29) is 28.7 Å². The number of nitrogens with one attached hydrogen (secondary N) is 1. The van der Waals surface area contributed by atoms with Crippen LogP contribution in [0.5, 0.6) is 0 Å². The summed E-state index contributed by atoms with van der Waals surface area (Å²) in [6.45, 7) is 1.45. The van der Waals surface area contributed by atoms with Crippen molar-refractivity contribution < 1.29 is 18.7 Å². The molecule has 4 heterocycles. The zero-order valence-corrected chi connectivity index (χ0v) is 24.5. The Labute approximate surface area is 252 Å². The maximum Gasteiger partial charge on any atom is 0.337 e. The zero-order valence-electron chi connectivity index (χ0n) is 22.9. The fourth-order valence-electron chi connectivity index (χ4n) is 8.25. The van der Waals surface area contributed by atoms with Crippen molar-refractivity contribution in [1.29, 1.82) is 0 Å². The predicted octanol–water partition coefficient (Wildman–Crippen LogP) is 6.52. The summed E-state index contributed by atoms with van der Waals surface area (Å²) in [5, 5.41) is 3.76. The molecule has 1 amide bonds. The Morgan fingerprint density at radius 1 is 1.19 bits per heavy atom. The maximum atomic E-state index is 16.3. The van der Waals surface area contributed by atoms with E-state index < -0.39 is 23.3 Å². The lowest BCUT2D eigenvalue weighted by molar-refractivity contribution is -0.130. The zero-order chi connectivity index (χ0) is 28.9. The molecule has 8 rings (SSSR count). The van der Waals surface area contributed by atoms with Crippen molar-refractivity contribution in [3.8, 4) is 0 Å². The molecule has 1 saturated carbocycles. The minimum atomic E-state index is -1.12. The van der Waals surface area contributed by atoms with Crippen LogP contribution < -0.4 is 5.32 Å². The number of amides is 1. The molecule has 0 bridgehead atoms. The van der Waals surface area contributed by atoms with Crippen molar-refractivity contribution in [3.63, 3.8) is 0 Å². The van der Waals surface area contributed by atoms with Crippen LogP contribution in [0.2, 0.25) is 5.02 Å². The molecule has 7 nitrogen and oxygen atoms in total. The number of likely N-dealkylation sites (tertiary alicyclic amines) is 1. The molecule has 42 heavy (non-hydrogen) atoms. The maximum absolute atomic E-state index is 16.3. The molecule has 1 saturated heterocycles. The van der Waals surface area contributed by atoms with Gasteiger partial charge in [-0.15, -0.1) is 0 Å². The van der Waals surface area contributed by atoms with Crippen molar-refractivity contribution in [3.05, 3.63) is 81.4 Å². The largest absolute Gasteiger partial charge is 0.465 e. The number of hydrogen-bond donors (Lipinski definition) is 1. The van der Waals surface area contributed by atoms with Gasteiger partial charge in [-0.2, -0.15) is 0 Å². The summed E-state index contributed by atoms with van der Waals surface area (Å²) >= 11 is 12.8. The molecule has 1 aromatic heterocycles. The van der Waals surface area contributed by atoms with Crippen LogP contribution >= 0.6 is 23.2 Å². The van der Waals surface area contributed by atoms with Crippen LogP contribution in [-0.4, -0.2) is 46.0 Å². The lowest BCUT2D eigenvalue weighted by Gasteiger charge is -2.42. The van der Waals surface area contributed by atoms with Gasteiger partial charge in [-0.05, 0) is 68.0 Å². The highest BCUT2D eigenvalue weighted by Crippen LogP contribution is 2.64. The lowest BCUT2D eigenvalue weighted by atomic mass is 9.65. The summed E-state index contributed by atoms with van der Waals surface area (Å²) in [7, 11) is 1.36. The van der Waals surface area contributed by atoms with E-state index in [1.807, 2.05) is 24.3 Å². The van der Waals surface area contributed by atoms with E-state index in [2.05, 4.69) is 14.8 Å². The Bertz CT molecular complexity index is 1750. The van der Waals surface area contributed by atoms with E-state index in [9.17, 15) is 9.59 Å². The number of fused-ring (bicyclic) bond motifs is 7. The number of benzene rings is 2. The predicted molar refractivity (Wildman–Crippen MR) is 158 cm³/mol. The van der Waals surface area contributed by atoms with E-state index in [0.717, 1.165) is 42.7 Å². The third kappa shape index (κ3) is 3.58. The highest BCUT2D eigenvalue weighted by atomic mass is 35.5. The molecular formula is C32H29Cl2FN4O3. The number of nitrogens with zero attached hydrogens (tertiary/aromatic N) is 3. The molecule has 3 aliphatic heterocycles. The van der Waals surface area contributed by atoms with Crippen molar-refractivity contribution in [2.24, 2.45) is 17.8 Å². The molecular weight excluding hydrogens is 578 g/mol. The summed E-state index contributed by atoms with van der Waals surface area (Å²) in [6.07, 6.45) is 6.96. The number of aryl methyl sites for hydroxylation is 1. The van der Waals surface area contributed by atoms with Crippen molar-refractivity contribution >= 4 is 51.8 Å². The van der Waals surface area contributed by atoms with Gasteiger partial charge >= 0.3 is 5.97 Å². The molecule has 2 fully saturated rings. The summed E-state index contributed by atoms with van der Waals surface area (Å²) in [4.78, 5) is 34.4. The number of allylic oxidation sites excluding steroid dienone is 4. The first-order valence-electron chi connectivity index (χ1n) is 14.5. The number of rotatable bonds is 4. The van der Waals surface area contributed by atoms with Crippen LogP contribution in [0.25, 0.3) is 11.0 Å². The molecule has 10 heteroatoms. The third-order valence-corrected chi connectivity index (χ3v) is 10.6. The second-order valence-electron chi connectivity index (χ2n) is 12.2. The molecule has 2 aromatic carbocycles. The Kier molecular flexibility index (Phi) is 5.91. The Balaban J connectivity index is 1.39. The van der Waals surface area contributed by atoms with Gasteiger partial charge in [0, 0.05) is 53.2 Å². The number of aromatic nitrogens is 2. The average Bonchev–Trinajstić information content (AvgIpc) is 3.57. The van der Waals surface area contributed by atoms with Gasteiger partial charge in [0.1, 0.15) is 17.2 Å². The summed E-state index contributed by atoms with van der Waals surface area (Å²) < 4.78 is 23.4. The SMILES string of the molecule is COC(=O)c1ccc2c(c1)nc1n2CC[C@H]2[C@@H]1[C@H](C1CC=CC(Cl)=C1F)[C@]1(C(=O)Nc3cc(Cl)ccc31)N2CC1CC1. The standard InChI is InChI=1S/C32H29Cl2FN4O3/c1-42-30(40)17-7-10-24-23(13-17)36-29-26-25(11-12-38(24)29)39(15-16-5-6-16)32(27(26)19-3-2-4-21(34)28(19)35)20-9-8-18(33)14-22(20)37-31(32)41/h2,4,7-10,13-14,16,19,25-27H,3,5-6,11-12,15H2,1H3,(H,37,41)/t19?,25-,26+,27-,32+/m0/s1. The van der Waals surface area contributed by atoms with E-state index in [0.29, 0.717) is 40.7 Å². The normalized spacial score (nSPS) is 30.0. The van der Waals surface area contributed by atoms with Crippen molar-refractivity contribution in [2.75, 3.05) is 19.0 Å². The van der Waals surface area contributed by atoms with Crippen molar-refractivity contribution in [1.82, 2.24) is 14.5 Å². The number of ether oxygens (including phenoxy) is 1. The first-order chi connectivity index (χ1) is 20.3. The summed E-state index contributed by atoms with van der Waals surface area (Å²) in [6, 6.07) is 10.9. The fraction of sp³-hybridized carbons (Fsp3) is 0.406. The number of esters is 1. The average molecular weight is 608 g/mol. The number of hydrogen-bond acceptors (Lipinski definition) is 5. The molecule has 5 atom stereocenters. The first-order valence-corrected chi connectivity index (χ1v) is 15.3. The van der Waals surface area contributed by atoms with Gasteiger partial charge in [0.05, 0.1) is 28.7 Å². The molecule has 5 aliphatic rings. The van der Waals surface area contributed by atoms with Gasteiger partial charge in [0.15, 0.2) is 0 Å². The van der Waals surface area contributed by atoms with E-state index in [1.54, 1.807) is 24.3 Å². The van der Waals surface area contributed by atoms with Gasteiger partial charge in [-0.3, -0.25) is 9.69 Å². The monoisotopic (exact) mass is 606 g/mol. The van der Waals surface area contributed by atoms with Crippen LogP contribution in [-0.2, 0) is 21.6 Å². The Morgan fingerprint density at radius 2 is 2.02 bits per heavy atom. The molecule has 216 valence electrons. The van der Waals surface area contributed by atoms with E-state index in [1.165, 1.54) is 7.11 Å². The fourth-order valence-corrected chi connectivity index (χ4v) is 8.65. The molecule has 2 aliphatic carbocycles. The molecule has 3 aromatic rings. The molecule has 1 unspecified atom stereocenters. The topological polar surface area (TPSA) is 76.5 Å². The van der Waals surface area contributed by atoms with Gasteiger partial charge in [0.2, 0.25) is 5.91 Å². The van der Waals surface area contributed by atoms with Crippen LogP contribution in [0.3, 0.4) is 0 Å². The lowest BCUT2D eigenvalue weighted by Crippen LogP contribution is -2.54. The first kappa shape index (κ1) is 26.4. The number of methoxy groups -OCH3 is 1. The van der Waals surface area contributed by atoms with E-state index in [4.69, 9.17) is 32.9 Å². The quantitative estimate of drug-likeness (QED) is 0.342. The highest BCUT2D eigenvalue weighted by molar-refractivity contribution is 6.31. The summed E-state index contributed by atoms with van der Waals surface area (Å²) in [5.41, 5.74) is 2.41. The van der Waals surface area contributed by atoms with Crippen LogP contribution in [0.1, 0.15) is 53.3 Å². The number of carbonyl (C=O) groups excluding carboxylic acids is 2. The second kappa shape index (κ2) is 9.40. The second-order valence-corrected chi connectivity index (χ2v) is 13.0. The number of carbonyl (C=O) groups is 2. The van der Waals surface area contributed by atoms with Crippen LogP contribution in [0, 0.1) is 17.8 Å². The number of anilines is 1. The van der Waals surface area contributed by atoms with Gasteiger partial charge in [-0.1, -0.05) is 35.3 Å². The highest BCUT2D eigenvalue weighted by Gasteiger charge is 2.70. The third-order valence-electron chi connectivity index (χ3n) is 10.1.